The minimum absolute atomic E-state index is 0.222. The van der Waals surface area contributed by atoms with Crippen LogP contribution >= 0.6 is 0 Å². The van der Waals surface area contributed by atoms with E-state index in [1.54, 1.807) is 87.5 Å². The fourth-order valence-electron chi connectivity index (χ4n) is 6.68. The lowest BCUT2D eigenvalue weighted by atomic mass is 9.63. The van der Waals surface area contributed by atoms with Crippen molar-refractivity contribution in [3.05, 3.63) is 114 Å². The lowest BCUT2D eigenvalue weighted by Crippen LogP contribution is -2.53. The van der Waals surface area contributed by atoms with Gasteiger partial charge < -0.3 is 9.94 Å². The van der Waals surface area contributed by atoms with E-state index in [2.05, 4.69) is 12.1 Å². The summed E-state index contributed by atoms with van der Waals surface area (Å²) >= 11 is 0. The molecule has 0 bridgehead atoms. The van der Waals surface area contributed by atoms with E-state index in [-0.39, 0.29) is 5.69 Å². The van der Waals surface area contributed by atoms with Crippen molar-refractivity contribution in [2.45, 2.75) is 43.9 Å². The number of rotatable bonds is 2. The molecule has 2 amide bonds. The van der Waals surface area contributed by atoms with Crippen molar-refractivity contribution in [3.8, 4) is 12.1 Å². The Bertz CT molecular complexity index is 1800. The zero-order chi connectivity index (χ0) is 29.9. The van der Waals surface area contributed by atoms with Crippen molar-refractivity contribution >= 4 is 28.5 Å². The molecule has 0 aliphatic carbocycles. The van der Waals surface area contributed by atoms with Crippen LogP contribution in [0.15, 0.2) is 97.1 Å². The molecule has 2 aliphatic rings. The van der Waals surface area contributed by atoms with Gasteiger partial charge in [-0.15, -0.1) is 0 Å². The summed E-state index contributed by atoms with van der Waals surface area (Å²) in [5.74, 6) is -2.02. The van der Waals surface area contributed by atoms with Crippen molar-refractivity contribution < 1.29 is 19.5 Å². The molecule has 0 radical (unpaired) electrons. The Labute approximate surface area is 243 Å². The zero-order valence-corrected chi connectivity index (χ0v) is 23.4. The van der Waals surface area contributed by atoms with Gasteiger partial charge in [-0.3, -0.25) is 4.79 Å². The number of amides is 2. The molecule has 42 heavy (non-hydrogen) atoms. The Morgan fingerprint density at radius 3 is 2.19 bits per heavy atom. The SMILES string of the molecule is CC(C)(C)OC(=O)N1C(=O)[C@]2(c3ccccc31)[C@H](c1cccc3ccccc13)C(C#N)(C#N)[C@@H](c1ccccc1)N2O. The van der Waals surface area contributed by atoms with Crippen molar-refractivity contribution in [1.29, 1.82) is 10.5 Å². The molecule has 4 aromatic carbocycles. The summed E-state index contributed by atoms with van der Waals surface area (Å²) in [6.45, 7) is 5.09. The first-order valence-corrected chi connectivity index (χ1v) is 13.6. The van der Waals surface area contributed by atoms with Crippen LogP contribution in [0.25, 0.3) is 10.8 Å². The Hall–Kier alpha value is -5.02. The molecule has 8 heteroatoms. The first-order valence-electron chi connectivity index (χ1n) is 13.6. The third-order valence-corrected chi connectivity index (χ3v) is 8.19. The maximum Gasteiger partial charge on any atom is 0.421 e. The first kappa shape index (κ1) is 27.2. The second-order valence-electron chi connectivity index (χ2n) is 11.7. The third-order valence-electron chi connectivity index (χ3n) is 8.19. The number of carbonyl (C=O) groups is 2. The van der Waals surface area contributed by atoms with Gasteiger partial charge in [-0.2, -0.15) is 15.6 Å². The fourth-order valence-corrected chi connectivity index (χ4v) is 6.68. The van der Waals surface area contributed by atoms with Crippen LogP contribution in [0.4, 0.5) is 10.5 Å². The third kappa shape index (κ3) is 3.60. The predicted molar refractivity (Wildman–Crippen MR) is 155 cm³/mol. The molecule has 0 aromatic heterocycles. The second-order valence-corrected chi connectivity index (χ2v) is 11.7. The highest BCUT2D eigenvalue weighted by molar-refractivity contribution is 6.21. The lowest BCUT2D eigenvalue weighted by molar-refractivity contribution is -0.189. The molecular formula is C34H28N4O4. The molecule has 1 spiro atoms. The Morgan fingerprint density at radius 2 is 1.50 bits per heavy atom. The number of anilines is 1. The van der Waals surface area contributed by atoms with E-state index < -0.39 is 40.5 Å². The number of fused-ring (bicyclic) bond motifs is 3. The van der Waals surface area contributed by atoms with Crippen molar-refractivity contribution in [3.63, 3.8) is 0 Å². The van der Waals surface area contributed by atoms with Gasteiger partial charge in [-0.05, 0) is 48.7 Å². The number of imide groups is 1. The van der Waals surface area contributed by atoms with Gasteiger partial charge in [0, 0.05) is 5.56 Å². The molecule has 8 nitrogen and oxygen atoms in total. The standard InChI is InChI=1S/C34H28N4O4/c1-32(2,3)42-31(40)37-27-19-10-9-18-26(27)34(30(37)39)28(25-17-11-15-22-12-7-8-16-24(22)25)33(20-35,21-36)29(38(34)41)23-13-5-4-6-14-23/h4-19,28-29,41H,1-3H3/t28-,29-,34+/m1/s1. The molecule has 208 valence electrons. The average Bonchev–Trinajstić information content (AvgIpc) is 3.38. The largest absolute Gasteiger partial charge is 0.443 e. The van der Waals surface area contributed by atoms with Gasteiger partial charge in [0.25, 0.3) is 5.91 Å². The quantitative estimate of drug-likeness (QED) is 0.296. The summed E-state index contributed by atoms with van der Waals surface area (Å²) in [6, 6.07) is 31.6. The number of hydrogen-bond acceptors (Lipinski definition) is 7. The number of nitrogens with zero attached hydrogens (tertiary/aromatic N) is 4. The van der Waals surface area contributed by atoms with E-state index in [0.717, 1.165) is 20.7 Å². The van der Waals surface area contributed by atoms with Crippen molar-refractivity contribution in [1.82, 2.24) is 5.06 Å². The molecule has 0 unspecified atom stereocenters. The summed E-state index contributed by atoms with van der Waals surface area (Å²) in [6.07, 6.45) is -0.912. The normalized spacial score (nSPS) is 23.0. The van der Waals surface area contributed by atoms with E-state index >= 15 is 0 Å². The van der Waals surface area contributed by atoms with E-state index in [9.17, 15) is 25.3 Å². The fraction of sp³-hybridized carbons (Fsp3) is 0.235. The highest BCUT2D eigenvalue weighted by atomic mass is 16.6. The molecule has 1 fully saturated rings. The minimum Gasteiger partial charge on any atom is -0.443 e. The van der Waals surface area contributed by atoms with Gasteiger partial charge in [-0.25, -0.2) is 9.69 Å². The van der Waals surface area contributed by atoms with Gasteiger partial charge >= 0.3 is 6.09 Å². The minimum atomic E-state index is -2.02. The highest BCUT2D eigenvalue weighted by Crippen LogP contribution is 2.68. The molecule has 6 rings (SSSR count). The van der Waals surface area contributed by atoms with Crippen LogP contribution in [0.5, 0.6) is 0 Å². The van der Waals surface area contributed by atoms with Crippen LogP contribution < -0.4 is 4.90 Å². The topological polar surface area (TPSA) is 118 Å². The van der Waals surface area contributed by atoms with Crippen molar-refractivity contribution in [2.75, 3.05) is 4.90 Å². The number of benzene rings is 4. The van der Waals surface area contributed by atoms with E-state index in [4.69, 9.17) is 4.74 Å². The Kier molecular flexibility index (Phi) is 6.16. The summed E-state index contributed by atoms with van der Waals surface area (Å²) in [5, 5.41) is 36.7. The number of para-hydroxylation sites is 1. The molecule has 1 saturated heterocycles. The molecular weight excluding hydrogens is 528 g/mol. The molecule has 4 aromatic rings. The average molecular weight is 557 g/mol. The van der Waals surface area contributed by atoms with Crippen molar-refractivity contribution in [2.24, 2.45) is 5.41 Å². The summed E-state index contributed by atoms with van der Waals surface area (Å²) in [7, 11) is 0. The van der Waals surface area contributed by atoms with Crippen LogP contribution in [0.2, 0.25) is 0 Å². The smallest absolute Gasteiger partial charge is 0.421 e. The van der Waals surface area contributed by atoms with Gasteiger partial charge in [0.15, 0.2) is 11.0 Å². The van der Waals surface area contributed by atoms with Gasteiger partial charge in [-0.1, -0.05) is 91.0 Å². The van der Waals surface area contributed by atoms with Crippen LogP contribution in [0.3, 0.4) is 0 Å². The maximum absolute atomic E-state index is 14.9. The summed E-state index contributed by atoms with van der Waals surface area (Å²) in [4.78, 5) is 29.5. The number of ether oxygens (including phenoxy) is 1. The van der Waals surface area contributed by atoms with Crippen LogP contribution in [-0.2, 0) is 15.1 Å². The number of hydrogen-bond donors (Lipinski definition) is 1. The van der Waals surface area contributed by atoms with Crippen LogP contribution in [-0.4, -0.2) is 27.9 Å². The molecule has 3 atom stereocenters. The Morgan fingerprint density at radius 1 is 0.881 bits per heavy atom. The van der Waals surface area contributed by atoms with Gasteiger partial charge in [0.1, 0.15) is 5.60 Å². The van der Waals surface area contributed by atoms with Crippen LogP contribution in [0.1, 0.15) is 49.4 Å². The highest BCUT2D eigenvalue weighted by Gasteiger charge is 2.76. The lowest BCUT2D eigenvalue weighted by Gasteiger charge is -2.36. The number of carbonyl (C=O) groups excluding carboxylic acids is 2. The van der Waals surface area contributed by atoms with E-state index in [1.165, 1.54) is 0 Å². The molecule has 0 saturated carbocycles. The van der Waals surface area contributed by atoms with E-state index in [1.807, 2.05) is 30.3 Å². The Balaban J connectivity index is 1.74. The number of nitriles is 2. The zero-order valence-electron chi connectivity index (χ0n) is 23.4. The van der Waals surface area contributed by atoms with E-state index in [0.29, 0.717) is 16.7 Å². The van der Waals surface area contributed by atoms with Crippen LogP contribution in [0, 0.1) is 28.1 Å². The van der Waals surface area contributed by atoms with Gasteiger partial charge in [0.2, 0.25) is 0 Å². The second kappa shape index (κ2) is 9.53. The monoisotopic (exact) mass is 556 g/mol. The molecule has 2 heterocycles. The predicted octanol–water partition coefficient (Wildman–Crippen LogP) is 6.58. The summed E-state index contributed by atoms with van der Waals surface area (Å²) in [5.41, 5.74) is -3.37. The first-order chi connectivity index (χ1) is 20.1. The molecule has 2 aliphatic heterocycles. The summed E-state index contributed by atoms with van der Waals surface area (Å²) < 4.78 is 5.65. The maximum atomic E-state index is 14.9. The van der Waals surface area contributed by atoms with Gasteiger partial charge in [0.05, 0.1) is 29.8 Å². The number of hydroxylamine groups is 2. The molecule has 1 N–H and O–H groups in total.